The fraction of sp³-hybridized carbons (Fsp3) is 0.316. The summed E-state index contributed by atoms with van der Waals surface area (Å²) in [4.78, 5) is 14.7. The number of carbonyl (C=O) groups excluding carboxylic acids is 1. The number of hydrogen-bond donors (Lipinski definition) is 2. The van der Waals surface area contributed by atoms with Crippen molar-refractivity contribution in [2.75, 3.05) is 20.7 Å². The predicted octanol–water partition coefficient (Wildman–Crippen LogP) is 2.45. The molecule has 2 aromatic rings. The first kappa shape index (κ1) is 17.2. The first-order chi connectivity index (χ1) is 11.0. The molecule has 23 heavy (non-hydrogen) atoms. The lowest BCUT2D eigenvalue weighted by Crippen LogP contribution is -2.40. The number of aliphatic hydroxyl groups excluding tert-OH is 1. The van der Waals surface area contributed by atoms with Crippen LogP contribution in [0.5, 0.6) is 0 Å². The Hall–Kier alpha value is -2.17. The van der Waals surface area contributed by atoms with Gasteiger partial charge in [-0.1, -0.05) is 54.6 Å². The molecule has 0 saturated carbocycles. The molecule has 0 heterocycles. The highest BCUT2D eigenvalue weighted by atomic mass is 16.3. The number of rotatable bonds is 6. The molecular formula is C19H24N2O2. The minimum atomic E-state index is -0.407. The van der Waals surface area contributed by atoms with E-state index >= 15 is 0 Å². The third-order valence-corrected chi connectivity index (χ3v) is 3.95. The Bertz CT molecular complexity index is 641. The van der Waals surface area contributed by atoms with Crippen molar-refractivity contribution < 1.29 is 9.90 Å². The Morgan fingerprint density at radius 2 is 1.70 bits per heavy atom. The zero-order chi connectivity index (χ0) is 16.8. The Kier molecular flexibility index (Phi) is 5.90. The molecule has 2 rings (SSSR count). The van der Waals surface area contributed by atoms with Gasteiger partial charge in [-0.2, -0.15) is 0 Å². The summed E-state index contributed by atoms with van der Waals surface area (Å²) in [7, 11) is 3.76. The summed E-state index contributed by atoms with van der Waals surface area (Å²) in [6.45, 7) is 1.86. The summed E-state index contributed by atoms with van der Waals surface area (Å²) in [5.74, 6) is -0.118. The van der Waals surface area contributed by atoms with Crippen molar-refractivity contribution in [2.24, 2.45) is 0 Å². The van der Waals surface area contributed by atoms with Gasteiger partial charge >= 0.3 is 0 Å². The normalized spacial score (nSPS) is 13.6. The van der Waals surface area contributed by atoms with Crippen molar-refractivity contribution in [3.05, 3.63) is 71.3 Å². The van der Waals surface area contributed by atoms with Crippen LogP contribution in [0.4, 0.5) is 0 Å². The van der Waals surface area contributed by atoms with E-state index in [9.17, 15) is 9.90 Å². The van der Waals surface area contributed by atoms with Gasteiger partial charge in [-0.05, 0) is 37.7 Å². The van der Waals surface area contributed by atoms with Crippen LogP contribution >= 0.6 is 0 Å². The smallest absolute Gasteiger partial charge is 0.242 e. The molecule has 122 valence electrons. The van der Waals surface area contributed by atoms with Crippen molar-refractivity contribution in [3.63, 3.8) is 0 Å². The molecule has 0 fully saturated rings. The average molecular weight is 312 g/mol. The lowest BCUT2D eigenvalue weighted by Gasteiger charge is -2.27. The van der Waals surface area contributed by atoms with E-state index in [1.54, 1.807) is 0 Å². The Morgan fingerprint density at radius 1 is 1.09 bits per heavy atom. The molecule has 1 amide bonds. The average Bonchev–Trinajstić information content (AvgIpc) is 2.55. The molecule has 4 heteroatoms. The van der Waals surface area contributed by atoms with Gasteiger partial charge in [0.1, 0.15) is 6.04 Å². The van der Waals surface area contributed by atoms with Gasteiger partial charge in [0.15, 0.2) is 0 Å². The summed E-state index contributed by atoms with van der Waals surface area (Å²) < 4.78 is 0. The number of carbonyl (C=O) groups is 1. The van der Waals surface area contributed by atoms with Gasteiger partial charge in [0.25, 0.3) is 0 Å². The highest BCUT2D eigenvalue weighted by molar-refractivity contribution is 5.84. The van der Waals surface area contributed by atoms with Gasteiger partial charge in [-0.15, -0.1) is 0 Å². The first-order valence-corrected chi connectivity index (χ1v) is 7.72. The van der Waals surface area contributed by atoms with Gasteiger partial charge in [0, 0.05) is 0 Å². The maximum atomic E-state index is 12.8. The molecule has 0 aliphatic rings. The standard InChI is InChI=1S/C19H24N2O2/c1-14-9-7-8-12-16(14)18(21(2)3)19(23)20-17(13-22)15-10-5-4-6-11-15/h4-12,17-18,22H,13H2,1-3H3,(H,20,23)/t17-,18-/m0/s1. The monoisotopic (exact) mass is 312 g/mol. The predicted molar refractivity (Wildman–Crippen MR) is 92.0 cm³/mol. The molecule has 0 unspecified atom stereocenters. The van der Waals surface area contributed by atoms with Crippen molar-refractivity contribution in [1.82, 2.24) is 10.2 Å². The summed E-state index contributed by atoms with van der Waals surface area (Å²) in [5, 5.41) is 12.6. The van der Waals surface area contributed by atoms with Crippen LogP contribution in [0.2, 0.25) is 0 Å². The maximum absolute atomic E-state index is 12.8. The summed E-state index contributed by atoms with van der Waals surface area (Å²) in [6.07, 6.45) is 0. The van der Waals surface area contributed by atoms with Crippen LogP contribution in [-0.4, -0.2) is 36.6 Å². The minimum absolute atomic E-state index is 0.118. The topological polar surface area (TPSA) is 52.6 Å². The number of benzene rings is 2. The number of likely N-dealkylation sites (N-methyl/N-ethyl adjacent to an activating group) is 1. The van der Waals surface area contributed by atoms with E-state index < -0.39 is 12.1 Å². The quantitative estimate of drug-likeness (QED) is 0.861. The number of amides is 1. The number of aryl methyl sites for hydroxylation is 1. The lowest BCUT2D eigenvalue weighted by atomic mass is 9.99. The maximum Gasteiger partial charge on any atom is 0.242 e. The molecule has 0 aromatic heterocycles. The van der Waals surface area contributed by atoms with Crippen LogP contribution < -0.4 is 5.32 Å². The highest BCUT2D eigenvalue weighted by Crippen LogP contribution is 2.23. The van der Waals surface area contributed by atoms with Gasteiger partial charge in [-0.25, -0.2) is 0 Å². The molecule has 0 aliphatic heterocycles. The molecule has 0 bridgehead atoms. The van der Waals surface area contributed by atoms with Crippen LogP contribution in [0.15, 0.2) is 54.6 Å². The second kappa shape index (κ2) is 7.90. The third-order valence-electron chi connectivity index (χ3n) is 3.95. The van der Waals surface area contributed by atoms with E-state index in [1.165, 1.54) is 0 Å². The summed E-state index contributed by atoms with van der Waals surface area (Å²) in [5.41, 5.74) is 2.94. The Balaban J connectivity index is 2.23. The molecule has 0 spiro atoms. The SMILES string of the molecule is Cc1ccccc1[C@@H](C(=O)N[C@@H](CO)c1ccccc1)N(C)C. The molecule has 0 aliphatic carbocycles. The molecule has 2 atom stereocenters. The van der Waals surface area contributed by atoms with E-state index in [0.29, 0.717) is 0 Å². The van der Waals surface area contributed by atoms with Crippen LogP contribution in [0, 0.1) is 6.92 Å². The zero-order valence-corrected chi connectivity index (χ0v) is 13.9. The number of nitrogens with zero attached hydrogens (tertiary/aromatic N) is 1. The van der Waals surface area contributed by atoms with Gasteiger partial charge in [0.05, 0.1) is 12.6 Å². The van der Waals surface area contributed by atoms with Crippen LogP contribution in [0.1, 0.15) is 28.8 Å². The number of nitrogens with one attached hydrogen (secondary N) is 1. The van der Waals surface area contributed by atoms with Crippen LogP contribution in [-0.2, 0) is 4.79 Å². The van der Waals surface area contributed by atoms with E-state index in [0.717, 1.165) is 16.7 Å². The van der Waals surface area contributed by atoms with E-state index in [-0.39, 0.29) is 12.5 Å². The Labute approximate surface area is 137 Å². The zero-order valence-electron chi connectivity index (χ0n) is 13.9. The number of aliphatic hydroxyl groups is 1. The van der Waals surface area contributed by atoms with Gasteiger partial charge in [-0.3, -0.25) is 9.69 Å². The molecule has 0 saturated heterocycles. The third kappa shape index (κ3) is 4.18. The molecule has 2 aromatic carbocycles. The van der Waals surface area contributed by atoms with Gasteiger partial charge in [0.2, 0.25) is 5.91 Å². The van der Waals surface area contributed by atoms with Crippen molar-refractivity contribution in [1.29, 1.82) is 0 Å². The van der Waals surface area contributed by atoms with Crippen molar-refractivity contribution >= 4 is 5.91 Å². The second-order valence-corrected chi connectivity index (χ2v) is 5.88. The highest BCUT2D eigenvalue weighted by Gasteiger charge is 2.26. The molecule has 0 radical (unpaired) electrons. The second-order valence-electron chi connectivity index (χ2n) is 5.88. The molecular weight excluding hydrogens is 288 g/mol. The largest absolute Gasteiger partial charge is 0.394 e. The van der Waals surface area contributed by atoms with Gasteiger partial charge < -0.3 is 10.4 Å². The minimum Gasteiger partial charge on any atom is -0.394 e. The number of hydrogen-bond acceptors (Lipinski definition) is 3. The first-order valence-electron chi connectivity index (χ1n) is 7.72. The van der Waals surface area contributed by atoms with E-state index in [2.05, 4.69) is 5.32 Å². The van der Waals surface area contributed by atoms with Crippen molar-refractivity contribution in [3.8, 4) is 0 Å². The molecule has 4 nitrogen and oxygen atoms in total. The fourth-order valence-electron chi connectivity index (χ4n) is 2.72. The lowest BCUT2D eigenvalue weighted by molar-refractivity contribution is -0.126. The van der Waals surface area contributed by atoms with Crippen molar-refractivity contribution in [2.45, 2.75) is 19.0 Å². The summed E-state index contributed by atoms with van der Waals surface area (Å²) >= 11 is 0. The molecule has 2 N–H and O–H groups in total. The fourth-order valence-corrected chi connectivity index (χ4v) is 2.72. The Morgan fingerprint density at radius 3 is 2.26 bits per heavy atom. The van der Waals surface area contributed by atoms with Crippen LogP contribution in [0.3, 0.4) is 0 Å². The van der Waals surface area contributed by atoms with Crippen LogP contribution in [0.25, 0.3) is 0 Å². The van der Waals surface area contributed by atoms with E-state index in [1.807, 2.05) is 80.5 Å². The van der Waals surface area contributed by atoms with E-state index in [4.69, 9.17) is 0 Å². The summed E-state index contributed by atoms with van der Waals surface area (Å²) in [6, 6.07) is 16.6.